The summed E-state index contributed by atoms with van der Waals surface area (Å²) >= 11 is 0. The van der Waals surface area contributed by atoms with Crippen LogP contribution in [0.3, 0.4) is 0 Å². The zero-order chi connectivity index (χ0) is 15.9. The molecule has 0 saturated carbocycles. The standard InChI is InChI=1S/C12H29N7O2/c13-1-2-16-3-4-17-5-6-18-7-8-19-12(21)10(14)9-11(15)20/h10,16-18H,1-9,13-14H2,(H2,15,20)(H,19,21). The van der Waals surface area contributed by atoms with Gasteiger partial charge in [-0.3, -0.25) is 9.59 Å². The van der Waals surface area contributed by atoms with Gasteiger partial charge in [0.25, 0.3) is 0 Å². The van der Waals surface area contributed by atoms with Crippen molar-refractivity contribution in [3.63, 3.8) is 0 Å². The maximum Gasteiger partial charge on any atom is 0.237 e. The van der Waals surface area contributed by atoms with Gasteiger partial charge in [0.1, 0.15) is 0 Å². The second kappa shape index (κ2) is 13.7. The molecule has 124 valence electrons. The number of nitrogens with two attached hydrogens (primary N) is 3. The Bertz CT molecular complexity index is 289. The lowest BCUT2D eigenvalue weighted by Gasteiger charge is -2.11. The van der Waals surface area contributed by atoms with Gasteiger partial charge in [0.2, 0.25) is 11.8 Å². The number of amides is 2. The maximum atomic E-state index is 11.4. The van der Waals surface area contributed by atoms with Crippen LogP contribution in [0.2, 0.25) is 0 Å². The van der Waals surface area contributed by atoms with Gasteiger partial charge in [-0.15, -0.1) is 0 Å². The topological polar surface area (TPSA) is 160 Å². The molecule has 0 rings (SSSR count). The van der Waals surface area contributed by atoms with E-state index in [4.69, 9.17) is 17.2 Å². The Labute approximate surface area is 125 Å². The van der Waals surface area contributed by atoms with Crippen molar-refractivity contribution in [2.45, 2.75) is 12.5 Å². The summed E-state index contributed by atoms with van der Waals surface area (Å²) in [6, 6.07) is -0.870. The lowest BCUT2D eigenvalue weighted by molar-refractivity contribution is -0.126. The molecule has 2 amide bonds. The molecule has 21 heavy (non-hydrogen) atoms. The molecule has 0 saturated heterocycles. The van der Waals surface area contributed by atoms with Gasteiger partial charge in [-0.25, -0.2) is 0 Å². The second-order valence-corrected chi connectivity index (χ2v) is 4.61. The van der Waals surface area contributed by atoms with Crippen LogP contribution in [0.4, 0.5) is 0 Å². The maximum absolute atomic E-state index is 11.4. The van der Waals surface area contributed by atoms with Gasteiger partial charge in [-0.2, -0.15) is 0 Å². The lowest BCUT2D eigenvalue weighted by Crippen LogP contribution is -2.45. The summed E-state index contributed by atoms with van der Waals surface area (Å²) in [7, 11) is 0. The quantitative estimate of drug-likeness (QED) is 0.161. The summed E-state index contributed by atoms with van der Waals surface area (Å²) in [5.41, 5.74) is 15.8. The predicted molar refractivity (Wildman–Crippen MR) is 82.5 cm³/mol. The number of hydrogen-bond acceptors (Lipinski definition) is 7. The van der Waals surface area contributed by atoms with E-state index < -0.39 is 11.9 Å². The Morgan fingerprint density at radius 3 is 1.81 bits per heavy atom. The van der Waals surface area contributed by atoms with E-state index in [0.717, 1.165) is 32.7 Å². The number of hydrogen-bond donors (Lipinski definition) is 7. The van der Waals surface area contributed by atoms with Gasteiger partial charge in [0, 0.05) is 52.4 Å². The molecule has 1 atom stereocenters. The number of carbonyl (C=O) groups excluding carboxylic acids is 2. The molecule has 10 N–H and O–H groups in total. The second-order valence-electron chi connectivity index (χ2n) is 4.61. The zero-order valence-electron chi connectivity index (χ0n) is 12.5. The number of carbonyl (C=O) groups is 2. The third-order valence-corrected chi connectivity index (χ3v) is 2.64. The van der Waals surface area contributed by atoms with E-state index in [9.17, 15) is 9.59 Å². The van der Waals surface area contributed by atoms with E-state index in [2.05, 4.69) is 21.3 Å². The van der Waals surface area contributed by atoms with Crippen LogP contribution in [0, 0.1) is 0 Å². The van der Waals surface area contributed by atoms with Crippen LogP contribution in [0.25, 0.3) is 0 Å². The highest BCUT2D eigenvalue weighted by atomic mass is 16.2. The van der Waals surface area contributed by atoms with Crippen LogP contribution >= 0.6 is 0 Å². The van der Waals surface area contributed by atoms with E-state index in [-0.39, 0.29) is 12.3 Å². The van der Waals surface area contributed by atoms with E-state index in [1.807, 2.05) is 0 Å². The summed E-state index contributed by atoms with van der Waals surface area (Å²) < 4.78 is 0. The highest BCUT2D eigenvalue weighted by Gasteiger charge is 2.14. The average Bonchev–Trinajstić information content (AvgIpc) is 2.43. The largest absolute Gasteiger partial charge is 0.370 e. The molecule has 0 aliphatic carbocycles. The fourth-order valence-corrected chi connectivity index (χ4v) is 1.55. The van der Waals surface area contributed by atoms with Gasteiger partial charge in [0.15, 0.2) is 0 Å². The summed E-state index contributed by atoms with van der Waals surface area (Å²) in [5, 5.41) is 12.3. The molecule has 0 heterocycles. The molecule has 0 aliphatic heterocycles. The SMILES string of the molecule is NCCNCCNCCNCCNC(=O)C(N)CC(N)=O. The Hall–Kier alpha value is -1.26. The molecule has 0 aromatic heterocycles. The Kier molecular flexibility index (Phi) is 12.9. The van der Waals surface area contributed by atoms with Gasteiger partial charge < -0.3 is 38.5 Å². The molecule has 0 aliphatic rings. The van der Waals surface area contributed by atoms with Crippen LogP contribution < -0.4 is 38.5 Å². The minimum absolute atomic E-state index is 0.138. The minimum atomic E-state index is -0.870. The third-order valence-electron chi connectivity index (χ3n) is 2.64. The summed E-state index contributed by atoms with van der Waals surface area (Å²) in [6.07, 6.45) is -0.138. The first-order valence-electron chi connectivity index (χ1n) is 7.21. The van der Waals surface area contributed by atoms with Crippen LogP contribution in [-0.4, -0.2) is 70.2 Å². The van der Waals surface area contributed by atoms with Gasteiger partial charge in [0.05, 0.1) is 12.5 Å². The molecule has 1 unspecified atom stereocenters. The average molecular weight is 303 g/mol. The van der Waals surface area contributed by atoms with E-state index in [1.165, 1.54) is 0 Å². The highest BCUT2D eigenvalue weighted by molar-refractivity contribution is 5.87. The Morgan fingerprint density at radius 2 is 1.33 bits per heavy atom. The monoisotopic (exact) mass is 303 g/mol. The van der Waals surface area contributed by atoms with Gasteiger partial charge in [-0.1, -0.05) is 0 Å². The van der Waals surface area contributed by atoms with Crippen molar-refractivity contribution in [3.8, 4) is 0 Å². The normalized spacial score (nSPS) is 12.1. The van der Waals surface area contributed by atoms with Crippen molar-refractivity contribution in [3.05, 3.63) is 0 Å². The summed E-state index contributed by atoms with van der Waals surface area (Å²) in [5.74, 6) is -0.942. The first-order valence-corrected chi connectivity index (χ1v) is 7.21. The van der Waals surface area contributed by atoms with Crippen molar-refractivity contribution >= 4 is 11.8 Å². The van der Waals surface area contributed by atoms with E-state index in [1.54, 1.807) is 0 Å². The molecule has 0 spiro atoms. The van der Waals surface area contributed by atoms with E-state index >= 15 is 0 Å². The molecule has 0 aromatic carbocycles. The number of rotatable bonds is 14. The first-order chi connectivity index (χ1) is 10.1. The summed E-state index contributed by atoms with van der Waals surface area (Å²) in [4.78, 5) is 22.0. The summed E-state index contributed by atoms with van der Waals surface area (Å²) in [6.45, 7) is 6.02. The zero-order valence-corrected chi connectivity index (χ0v) is 12.5. The van der Waals surface area contributed by atoms with Crippen LogP contribution in [0.1, 0.15) is 6.42 Å². The Balaban J connectivity index is 3.28. The molecule has 0 radical (unpaired) electrons. The molecular formula is C12H29N7O2. The Morgan fingerprint density at radius 1 is 0.857 bits per heavy atom. The fraction of sp³-hybridized carbons (Fsp3) is 0.833. The van der Waals surface area contributed by atoms with Crippen molar-refractivity contribution < 1.29 is 9.59 Å². The van der Waals surface area contributed by atoms with Crippen molar-refractivity contribution in [1.29, 1.82) is 0 Å². The van der Waals surface area contributed by atoms with Crippen LogP contribution in [0.5, 0.6) is 0 Å². The van der Waals surface area contributed by atoms with Crippen LogP contribution in [0.15, 0.2) is 0 Å². The number of nitrogens with one attached hydrogen (secondary N) is 4. The van der Waals surface area contributed by atoms with Gasteiger partial charge >= 0.3 is 0 Å². The van der Waals surface area contributed by atoms with Gasteiger partial charge in [-0.05, 0) is 0 Å². The van der Waals surface area contributed by atoms with Crippen LogP contribution in [-0.2, 0) is 9.59 Å². The van der Waals surface area contributed by atoms with Crippen molar-refractivity contribution in [2.75, 3.05) is 52.4 Å². The smallest absolute Gasteiger partial charge is 0.237 e. The first kappa shape index (κ1) is 19.7. The molecule has 0 aromatic rings. The molecule has 0 fully saturated rings. The molecule has 9 heteroatoms. The van der Waals surface area contributed by atoms with E-state index in [0.29, 0.717) is 19.6 Å². The van der Waals surface area contributed by atoms with Crippen molar-refractivity contribution in [2.24, 2.45) is 17.2 Å². The third kappa shape index (κ3) is 13.5. The number of primary amides is 1. The highest BCUT2D eigenvalue weighted by Crippen LogP contribution is 1.85. The lowest BCUT2D eigenvalue weighted by atomic mass is 10.2. The fourth-order valence-electron chi connectivity index (χ4n) is 1.55. The predicted octanol–water partition coefficient (Wildman–Crippen LogP) is -3.97. The minimum Gasteiger partial charge on any atom is -0.370 e. The molecule has 9 nitrogen and oxygen atoms in total. The van der Waals surface area contributed by atoms with Crippen molar-refractivity contribution in [1.82, 2.24) is 21.3 Å². The molecule has 0 bridgehead atoms. The molecular weight excluding hydrogens is 274 g/mol.